The van der Waals surface area contributed by atoms with Crippen LogP contribution in [0.15, 0.2) is 42.5 Å². The van der Waals surface area contributed by atoms with Crippen LogP contribution in [0.1, 0.15) is 27.0 Å². The molecule has 0 saturated carbocycles. The van der Waals surface area contributed by atoms with Crippen LogP contribution in [-0.4, -0.2) is 86.6 Å². The fourth-order valence-corrected chi connectivity index (χ4v) is 4.47. The van der Waals surface area contributed by atoms with Crippen LogP contribution in [0, 0.1) is 0 Å². The normalized spacial score (nSPS) is 21.1. The highest BCUT2D eigenvalue weighted by atomic mass is 35.5. The van der Waals surface area contributed by atoms with E-state index in [2.05, 4.69) is 0 Å². The number of carbonyl (C=O) groups excluding carboxylic acids is 4. The van der Waals surface area contributed by atoms with E-state index < -0.39 is 57.5 Å². The summed E-state index contributed by atoms with van der Waals surface area (Å²) < 4.78 is 29.8. The van der Waals surface area contributed by atoms with E-state index in [1.54, 1.807) is 0 Å². The Kier molecular flexibility index (Phi) is 6.92. The zero-order valence-electron chi connectivity index (χ0n) is 19.5. The van der Waals surface area contributed by atoms with Crippen molar-refractivity contribution in [3.63, 3.8) is 0 Å². The van der Waals surface area contributed by atoms with E-state index in [0.29, 0.717) is 0 Å². The van der Waals surface area contributed by atoms with Crippen molar-refractivity contribution in [2.24, 2.45) is 0 Å². The largest absolute Gasteiger partial charge is 0.398 e. The molecular weight excluding hydrogens is 509 g/mol. The lowest BCUT2D eigenvalue weighted by molar-refractivity contribution is -0.155. The Hall–Kier alpha value is -2.94. The molecule has 1 N–H and O–H groups in total. The van der Waals surface area contributed by atoms with Crippen molar-refractivity contribution in [2.75, 3.05) is 0 Å². The number of amides is 4. The van der Waals surface area contributed by atoms with Crippen molar-refractivity contribution in [3.05, 3.63) is 69.7 Å². The van der Waals surface area contributed by atoms with E-state index in [4.69, 9.17) is 58.8 Å². The van der Waals surface area contributed by atoms with Crippen molar-refractivity contribution in [1.82, 2.24) is 15.0 Å². The van der Waals surface area contributed by atoms with Gasteiger partial charge in [-0.1, -0.05) is 41.1 Å². The maximum atomic E-state index is 14.9. The van der Waals surface area contributed by atoms with Gasteiger partial charge in [0, 0.05) is 22.7 Å². The Morgan fingerprint density at radius 1 is 1.05 bits per heavy atom. The van der Waals surface area contributed by atoms with Crippen LogP contribution >= 0.6 is 11.6 Å². The van der Waals surface area contributed by atoms with Gasteiger partial charge in [0.25, 0.3) is 11.8 Å². The summed E-state index contributed by atoms with van der Waals surface area (Å²) in [6.07, 6.45) is 0. The molecule has 2 aliphatic heterocycles. The summed E-state index contributed by atoms with van der Waals surface area (Å²) in [4.78, 5) is 51.2. The fraction of sp³-hybridized carbons (Fsp3) is 0.273. The molecule has 2 heterocycles. The number of carbonyl (C=O) groups is 4. The van der Waals surface area contributed by atoms with Gasteiger partial charge in [-0.05, 0) is 40.5 Å². The molecule has 2 aromatic carbocycles. The number of fused-ring (bicyclic) bond motifs is 1. The smallest absolute Gasteiger partial charge is 0.348 e. The number of benzene rings is 2. The third kappa shape index (κ3) is 4.38. The van der Waals surface area contributed by atoms with Crippen molar-refractivity contribution >= 4 is 82.4 Å². The monoisotopic (exact) mass is 521 g/mol. The number of rotatable bonds is 5. The van der Waals surface area contributed by atoms with E-state index in [9.17, 15) is 28.0 Å². The molecule has 2 aromatic rings. The maximum absolute atomic E-state index is 14.9. The number of alkyl halides is 2. The Morgan fingerprint density at radius 2 is 1.63 bits per heavy atom. The second kappa shape index (κ2) is 9.36. The minimum absolute atomic E-state index is 0.0120. The SMILES string of the molecule is [B]C1C(=O)NC(=O)C(N2Cc3cc(C([B])([B])N([B])C(=O)C(F)(F)c4ccc(Cl)cc4)ccc3C2=O)C1([B])[B]. The molecule has 0 aromatic heterocycles. The molecule has 38 heavy (non-hydrogen) atoms. The predicted octanol–water partition coefficient (Wildman–Crippen LogP) is -0.118. The predicted molar refractivity (Wildman–Crippen MR) is 138 cm³/mol. The summed E-state index contributed by atoms with van der Waals surface area (Å²) in [5, 5.41) is -2.36. The van der Waals surface area contributed by atoms with Gasteiger partial charge in [0.05, 0.1) is 39.2 Å². The van der Waals surface area contributed by atoms with E-state index in [-0.39, 0.29) is 33.1 Å². The summed E-state index contributed by atoms with van der Waals surface area (Å²) in [7, 11) is 35.5. The first-order valence-electron chi connectivity index (χ1n) is 10.9. The number of nitrogens with zero attached hydrogens (tertiary/aromatic N) is 2. The number of halogens is 3. The highest BCUT2D eigenvalue weighted by Gasteiger charge is 2.52. The standard InChI is InChI=1S/C22H12B6ClF2N3O4/c23-14-16(35)32-17(36)15(20(14,24)25)33-8-9-7-11(3-6-13(9)18(33)37)22(26,27)34(28)19(38)21(30,31)10-1-4-12(29)5-2-10/h1-7,14-15H,8H2,(H,32,35,36). The number of hydrogen-bond acceptors (Lipinski definition) is 4. The average molecular weight is 521 g/mol. The summed E-state index contributed by atoms with van der Waals surface area (Å²) >= 11 is 5.72. The fourth-order valence-electron chi connectivity index (χ4n) is 4.35. The van der Waals surface area contributed by atoms with Crippen molar-refractivity contribution in [3.8, 4) is 0 Å². The molecule has 0 bridgehead atoms. The van der Waals surface area contributed by atoms with E-state index >= 15 is 0 Å². The molecule has 2 aliphatic rings. The first-order chi connectivity index (χ1) is 17.5. The average Bonchev–Trinajstić information content (AvgIpc) is 3.16. The van der Waals surface area contributed by atoms with Crippen LogP contribution in [0.2, 0.25) is 16.1 Å². The van der Waals surface area contributed by atoms with Gasteiger partial charge in [-0.15, -0.1) is 0 Å². The third-order valence-electron chi connectivity index (χ3n) is 6.59. The van der Waals surface area contributed by atoms with Crippen molar-refractivity contribution < 1.29 is 28.0 Å². The molecule has 16 heteroatoms. The van der Waals surface area contributed by atoms with Gasteiger partial charge < -0.3 is 9.71 Å². The van der Waals surface area contributed by atoms with E-state index in [1.807, 2.05) is 5.32 Å². The topological polar surface area (TPSA) is 86.8 Å². The Labute approximate surface area is 229 Å². The van der Waals surface area contributed by atoms with E-state index in [0.717, 1.165) is 17.0 Å². The summed E-state index contributed by atoms with van der Waals surface area (Å²) in [5.74, 6) is -10.0. The van der Waals surface area contributed by atoms with Crippen LogP contribution < -0.4 is 5.32 Å². The molecule has 1 saturated heterocycles. The van der Waals surface area contributed by atoms with Crippen LogP contribution in [0.25, 0.3) is 0 Å². The molecule has 4 amide bonds. The molecule has 7 nitrogen and oxygen atoms in total. The highest BCUT2D eigenvalue weighted by molar-refractivity contribution is 6.50. The Bertz CT molecular complexity index is 1360. The maximum Gasteiger partial charge on any atom is 0.348 e. The lowest BCUT2D eigenvalue weighted by atomic mass is 9.39. The molecule has 12 radical (unpaired) electrons. The lowest BCUT2D eigenvalue weighted by Gasteiger charge is -2.46. The van der Waals surface area contributed by atoms with E-state index in [1.165, 1.54) is 30.3 Å². The molecular formula is C22H12B6ClF2N3O4. The van der Waals surface area contributed by atoms with Gasteiger partial charge in [-0.3, -0.25) is 24.5 Å². The van der Waals surface area contributed by atoms with Gasteiger partial charge in [0.15, 0.2) is 0 Å². The Balaban J connectivity index is 1.62. The second-order valence-corrected chi connectivity index (χ2v) is 9.56. The van der Waals surface area contributed by atoms with Gasteiger partial charge >= 0.3 is 5.92 Å². The van der Waals surface area contributed by atoms with Crippen molar-refractivity contribution in [1.29, 1.82) is 0 Å². The zero-order chi connectivity index (χ0) is 28.4. The lowest BCUT2D eigenvalue weighted by Crippen LogP contribution is -2.62. The zero-order valence-corrected chi connectivity index (χ0v) is 20.3. The number of piperidine rings is 1. The quantitative estimate of drug-likeness (QED) is 0.440. The molecule has 1 fully saturated rings. The highest BCUT2D eigenvalue weighted by Crippen LogP contribution is 2.43. The molecule has 0 spiro atoms. The molecule has 4 rings (SSSR count). The molecule has 0 aliphatic carbocycles. The summed E-state index contributed by atoms with van der Waals surface area (Å²) in [6.45, 7) is -0.257. The molecule has 178 valence electrons. The van der Waals surface area contributed by atoms with Crippen LogP contribution in [-0.2, 0) is 32.2 Å². The van der Waals surface area contributed by atoms with Crippen LogP contribution in [0.4, 0.5) is 8.78 Å². The number of nitrogens with one attached hydrogen (secondary N) is 1. The van der Waals surface area contributed by atoms with Crippen molar-refractivity contribution in [2.45, 2.75) is 34.9 Å². The molecule has 2 atom stereocenters. The number of hydrogen-bond donors (Lipinski definition) is 1. The second-order valence-electron chi connectivity index (χ2n) is 9.12. The first-order valence-corrected chi connectivity index (χ1v) is 11.3. The number of imide groups is 1. The van der Waals surface area contributed by atoms with Crippen LogP contribution in [0.5, 0.6) is 0 Å². The van der Waals surface area contributed by atoms with Gasteiger partial charge in [-0.2, -0.15) is 8.78 Å². The molecule has 2 unspecified atom stereocenters. The minimum Gasteiger partial charge on any atom is -0.398 e. The van der Waals surface area contributed by atoms with Gasteiger partial charge in [0.1, 0.15) is 6.04 Å². The first kappa shape index (κ1) is 28.1. The summed E-state index contributed by atoms with van der Waals surface area (Å²) in [5.41, 5.74) is -0.476. The Morgan fingerprint density at radius 3 is 2.24 bits per heavy atom. The minimum atomic E-state index is -4.11. The summed E-state index contributed by atoms with van der Waals surface area (Å²) in [6, 6.07) is 6.47. The van der Waals surface area contributed by atoms with Gasteiger partial charge in [-0.25, -0.2) is 0 Å². The van der Waals surface area contributed by atoms with Crippen LogP contribution in [0.3, 0.4) is 0 Å². The van der Waals surface area contributed by atoms with Gasteiger partial charge in [0.2, 0.25) is 19.8 Å². The third-order valence-corrected chi connectivity index (χ3v) is 6.85.